The molecule has 0 unspecified atom stereocenters. The van der Waals surface area contributed by atoms with Crippen molar-refractivity contribution in [3.63, 3.8) is 0 Å². The number of carbonyl (C=O) groups excluding carboxylic acids is 2. The van der Waals surface area contributed by atoms with Crippen LogP contribution in [-0.4, -0.2) is 97.9 Å². The molecule has 1 aromatic carbocycles. The second-order valence-electron chi connectivity index (χ2n) is 7.55. The summed E-state index contributed by atoms with van der Waals surface area (Å²) in [5.41, 5.74) is 1.21. The summed E-state index contributed by atoms with van der Waals surface area (Å²) >= 11 is 0. The van der Waals surface area contributed by atoms with Crippen LogP contribution in [0.15, 0.2) is 36.4 Å². The van der Waals surface area contributed by atoms with Crippen LogP contribution in [0.3, 0.4) is 0 Å². The molecular weight excluding hydrogens is 352 g/mol. The van der Waals surface area contributed by atoms with Gasteiger partial charge in [0.05, 0.1) is 0 Å². The van der Waals surface area contributed by atoms with Crippen molar-refractivity contribution in [1.29, 1.82) is 0 Å². The van der Waals surface area contributed by atoms with Crippen LogP contribution in [0.2, 0.25) is 0 Å². The Morgan fingerprint density at radius 3 is 2.29 bits per heavy atom. The summed E-state index contributed by atoms with van der Waals surface area (Å²) in [7, 11) is 3.97. The molecule has 154 valence electrons. The fourth-order valence-electron chi connectivity index (χ4n) is 3.22. The number of nitrogens with zero attached hydrogens (tertiary/aromatic N) is 4. The third kappa shape index (κ3) is 7.82. The lowest BCUT2D eigenvalue weighted by atomic mass is 10.2. The molecule has 0 spiro atoms. The number of carbonyl (C=O) groups is 2. The van der Waals surface area contributed by atoms with Crippen molar-refractivity contribution in [3.8, 4) is 0 Å². The van der Waals surface area contributed by atoms with Crippen molar-refractivity contribution < 1.29 is 9.59 Å². The summed E-state index contributed by atoms with van der Waals surface area (Å²) in [4.78, 5) is 32.4. The largest absolute Gasteiger partial charge is 0.341 e. The molecule has 6 nitrogen and oxygen atoms in total. The quantitative estimate of drug-likeness (QED) is 0.647. The van der Waals surface area contributed by atoms with E-state index in [2.05, 4.69) is 29.2 Å². The first-order chi connectivity index (χ1) is 13.5. The topological polar surface area (TPSA) is 47.1 Å². The standard InChI is InChI=1S/C22H34N4O2/c1-20(27)25(17-14-23(2)3)13-11-22(28)26-18-15-24(16-19-26)12-7-10-21-8-5-4-6-9-21/h4-10H,11-19H2,1-3H3/b10-7+. The van der Waals surface area contributed by atoms with E-state index in [1.807, 2.05) is 42.1 Å². The summed E-state index contributed by atoms with van der Waals surface area (Å²) < 4.78 is 0. The number of benzene rings is 1. The van der Waals surface area contributed by atoms with Gasteiger partial charge in [-0.2, -0.15) is 0 Å². The summed E-state index contributed by atoms with van der Waals surface area (Å²) in [6.07, 6.45) is 4.73. The summed E-state index contributed by atoms with van der Waals surface area (Å²) in [5.74, 6) is 0.181. The Balaban J connectivity index is 1.69. The summed E-state index contributed by atoms with van der Waals surface area (Å²) in [6.45, 7) is 7.75. The van der Waals surface area contributed by atoms with Gasteiger partial charge in [-0.3, -0.25) is 14.5 Å². The minimum Gasteiger partial charge on any atom is -0.341 e. The Morgan fingerprint density at radius 1 is 1.00 bits per heavy atom. The van der Waals surface area contributed by atoms with E-state index < -0.39 is 0 Å². The minimum absolute atomic E-state index is 0.0321. The van der Waals surface area contributed by atoms with Gasteiger partial charge in [0.15, 0.2) is 0 Å². The Hall–Kier alpha value is -2.18. The second-order valence-corrected chi connectivity index (χ2v) is 7.55. The van der Waals surface area contributed by atoms with Crippen molar-refractivity contribution in [3.05, 3.63) is 42.0 Å². The van der Waals surface area contributed by atoms with E-state index in [0.29, 0.717) is 19.5 Å². The predicted octanol–water partition coefficient (Wildman–Crippen LogP) is 1.64. The number of rotatable bonds is 9. The van der Waals surface area contributed by atoms with Crippen LogP contribution < -0.4 is 0 Å². The van der Waals surface area contributed by atoms with E-state index in [0.717, 1.165) is 39.3 Å². The van der Waals surface area contributed by atoms with Gasteiger partial charge < -0.3 is 14.7 Å². The van der Waals surface area contributed by atoms with Gasteiger partial charge in [0, 0.05) is 65.7 Å². The molecule has 0 radical (unpaired) electrons. The maximum atomic E-state index is 12.5. The zero-order chi connectivity index (χ0) is 20.4. The predicted molar refractivity (Wildman–Crippen MR) is 114 cm³/mol. The summed E-state index contributed by atoms with van der Waals surface area (Å²) in [6, 6.07) is 10.3. The van der Waals surface area contributed by atoms with Crippen LogP contribution in [0.1, 0.15) is 18.9 Å². The lowest BCUT2D eigenvalue weighted by molar-refractivity contribution is -0.134. The molecule has 1 fully saturated rings. The highest BCUT2D eigenvalue weighted by molar-refractivity contribution is 5.78. The van der Waals surface area contributed by atoms with Crippen molar-refractivity contribution in [1.82, 2.24) is 19.6 Å². The van der Waals surface area contributed by atoms with Crippen molar-refractivity contribution in [2.45, 2.75) is 13.3 Å². The molecule has 0 aromatic heterocycles. The molecule has 1 aliphatic rings. The van der Waals surface area contributed by atoms with Crippen molar-refractivity contribution in [2.75, 3.05) is 66.5 Å². The Kier molecular flexibility index (Phi) is 9.17. The normalized spacial score (nSPS) is 15.4. The SMILES string of the molecule is CC(=O)N(CCC(=O)N1CCN(C/C=C/c2ccccc2)CC1)CCN(C)C. The molecule has 0 bridgehead atoms. The average molecular weight is 387 g/mol. The van der Waals surface area contributed by atoms with Crippen LogP contribution in [-0.2, 0) is 9.59 Å². The van der Waals surface area contributed by atoms with Gasteiger partial charge in [0.25, 0.3) is 0 Å². The molecule has 1 saturated heterocycles. The number of amides is 2. The first kappa shape index (κ1) is 22.1. The van der Waals surface area contributed by atoms with E-state index in [1.54, 1.807) is 11.8 Å². The Morgan fingerprint density at radius 2 is 1.68 bits per heavy atom. The van der Waals surface area contributed by atoms with E-state index >= 15 is 0 Å². The van der Waals surface area contributed by atoms with E-state index in [4.69, 9.17) is 0 Å². The van der Waals surface area contributed by atoms with E-state index in [1.165, 1.54) is 5.56 Å². The Labute approximate surface area is 169 Å². The van der Waals surface area contributed by atoms with Crippen molar-refractivity contribution >= 4 is 17.9 Å². The second kappa shape index (κ2) is 11.6. The molecule has 0 saturated carbocycles. The van der Waals surface area contributed by atoms with Gasteiger partial charge in [-0.05, 0) is 19.7 Å². The molecule has 28 heavy (non-hydrogen) atoms. The molecule has 0 atom stereocenters. The van der Waals surface area contributed by atoms with Gasteiger partial charge in [0.2, 0.25) is 11.8 Å². The van der Waals surface area contributed by atoms with Gasteiger partial charge in [-0.1, -0.05) is 42.5 Å². The highest BCUT2D eigenvalue weighted by Gasteiger charge is 2.21. The molecule has 6 heteroatoms. The lowest BCUT2D eigenvalue weighted by Gasteiger charge is -2.34. The molecule has 1 heterocycles. The average Bonchev–Trinajstić information content (AvgIpc) is 2.68. The first-order valence-corrected chi connectivity index (χ1v) is 10.1. The van der Waals surface area contributed by atoms with Gasteiger partial charge >= 0.3 is 0 Å². The third-order valence-electron chi connectivity index (χ3n) is 5.06. The molecule has 0 N–H and O–H groups in total. The van der Waals surface area contributed by atoms with E-state index in [-0.39, 0.29) is 11.8 Å². The molecular formula is C22H34N4O2. The lowest BCUT2D eigenvalue weighted by Crippen LogP contribution is -2.49. The number of hydrogen-bond donors (Lipinski definition) is 0. The van der Waals surface area contributed by atoms with Crippen LogP contribution in [0.5, 0.6) is 0 Å². The highest BCUT2D eigenvalue weighted by atomic mass is 16.2. The minimum atomic E-state index is 0.0321. The first-order valence-electron chi connectivity index (χ1n) is 10.1. The van der Waals surface area contributed by atoms with Crippen LogP contribution in [0.25, 0.3) is 6.08 Å². The molecule has 2 rings (SSSR count). The zero-order valence-corrected chi connectivity index (χ0v) is 17.5. The Bertz CT molecular complexity index is 637. The monoisotopic (exact) mass is 386 g/mol. The molecule has 0 aliphatic carbocycles. The third-order valence-corrected chi connectivity index (χ3v) is 5.06. The highest BCUT2D eigenvalue weighted by Crippen LogP contribution is 2.07. The molecule has 1 aromatic rings. The van der Waals surface area contributed by atoms with Gasteiger partial charge in [-0.15, -0.1) is 0 Å². The number of hydrogen-bond acceptors (Lipinski definition) is 4. The van der Waals surface area contributed by atoms with E-state index in [9.17, 15) is 9.59 Å². The van der Waals surface area contributed by atoms with Crippen LogP contribution in [0, 0.1) is 0 Å². The van der Waals surface area contributed by atoms with Crippen molar-refractivity contribution in [2.24, 2.45) is 0 Å². The fraction of sp³-hybridized carbons (Fsp3) is 0.545. The van der Waals surface area contributed by atoms with Crippen LogP contribution >= 0.6 is 0 Å². The molecule has 1 aliphatic heterocycles. The van der Waals surface area contributed by atoms with Gasteiger partial charge in [-0.25, -0.2) is 0 Å². The maximum absolute atomic E-state index is 12.5. The van der Waals surface area contributed by atoms with Crippen LogP contribution in [0.4, 0.5) is 0 Å². The molecule has 2 amide bonds. The smallest absolute Gasteiger partial charge is 0.224 e. The number of likely N-dealkylation sites (N-methyl/N-ethyl adjacent to an activating group) is 1. The summed E-state index contributed by atoms with van der Waals surface area (Å²) in [5, 5.41) is 0. The zero-order valence-electron chi connectivity index (χ0n) is 17.5. The fourth-order valence-corrected chi connectivity index (χ4v) is 3.22. The maximum Gasteiger partial charge on any atom is 0.224 e. The number of piperazine rings is 1. The van der Waals surface area contributed by atoms with Gasteiger partial charge in [0.1, 0.15) is 0 Å².